The molecule has 5 heteroatoms. The van der Waals surface area contributed by atoms with Gasteiger partial charge in [0, 0.05) is 6.54 Å². The largest absolute Gasteiger partial charge is 0.497 e. The summed E-state index contributed by atoms with van der Waals surface area (Å²) >= 11 is 0. The zero-order valence-electron chi connectivity index (χ0n) is 13.3. The Labute approximate surface area is 131 Å². The second kappa shape index (κ2) is 6.16. The highest BCUT2D eigenvalue weighted by atomic mass is 16.6. The molecule has 0 spiro atoms. The maximum atomic E-state index is 12.2. The number of nitrogens with one attached hydrogen (secondary N) is 1. The van der Waals surface area contributed by atoms with Gasteiger partial charge in [-0.25, -0.2) is 4.79 Å². The number of carbonyl (C=O) groups is 1. The highest BCUT2D eigenvalue weighted by molar-refractivity contribution is 5.71. The van der Waals surface area contributed by atoms with Crippen LogP contribution in [0.2, 0.25) is 0 Å². The molecule has 2 saturated heterocycles. The van der Waals surface area contributed by atoms with Crippen LogP contribution >= 0.6 is 0 Å². The maximum Gasteiger partial charge on any atom is 0.410 e. The van der Waals surface area contributed by atoms with Crippen molar-refractivity contribution in [2.45, 2.75) is 31.8 Å². The summed E-state index contributed by atoms with van der Waals surface area (Å²) in [5, 5.41) is 3.39. The van der Waals surface area contributed by atoms with Crippen molar-refractivity contribution >= 4 is 6.09 Å². The number of piperidine rings is 1. The molecule has 1 aromatic rings. The lowest BCUT2D eigenvalue weighted by molar-refractivity contribution is 0.0889. The van der Waals surface area contributed by atoms with Gasteiger partial charge in [-0.05, 0) is 56.5 Å². The summed E-state index contributed by atoms with van der Waals surface area (Å²) in [5.74, 6) is 1.31. The average molecular weight is 304 g/mol. The van der Waals surface area contributed by atoms with E-state index in [1.54, 1.807) is 7.11 Å². The number of ether oxygens (including phenoxy) is 2. The third kappa shape index (κ3) is 2.77. The van der Waals surface area contributed by atoms with Gasteiger partial charge in [0.05, 0.1) is 12.6 Å². The van der Waals surface area contributed by atoms with E-state index in [1.165, 1.54) is 0 Å². The number of methoxy groups -OCH3 is 1. The lowest BCUT2D eigenvalue weighted by Crippen LogP contribution is -2.52. The molecule has 0 aliphatic carbocycles. The van der Waals surface area contributed by atoms with Crippen molar-refractivity contribution in [1.29, 1.82) is 0 Å². The molecule has 1 N–H and O–H groups in total. The van der Waals surface area contributed by atoms with E-state index in [1.807, 2.05) is 29.2 Å². The van der Waals surface area contributed by atoms with Gasteiger partial charge in [-0.15, -0.1) is 0 Å². The Morgan fingerprint density at radius 1 is 1.32 bits per heavy atom. The van der Waals surface area contributed by atoms with Crippen LogP contribution in [0.15, 0.2) is 24.3 Å². The monoisotopic (exact) mass is 304 g/mol. The highest BCUT2D eigenvalue weighted by Gasteiger charge is 2.48. The highest BCUT2D eigenvalue weighted by Crippen LogP contribution is 2.37. The van der Waals surface area contributed by atoms with Crippen LogP contribution in [0, 0.1) is 5.92 Å². The molecule has 1 unspecified atom stereocenters. The molecular weight excluding hydrogens is 280 g/mol. The quantitative estimate of drug-likeness (QED) is 0.928. The van der Waals surface area contributed by atoms with Crippen LogP contribution in [0.4, 0.5) is 4.79 Å². The molecule has 0 bridgehead atoms. The number of carbonyl (C=O) groups excluding carboxylic acids is 1. The van der Waals surface area contributed by atoms with Gasteiger partial charge in [0.15, 0.2) is 0 Å². The van der Waals surface area contributed by atoms with Crippen LogP contribution in [-0.4, -0.2) is 43.3 Å². The second-order valence-electron chi connectivity index (χ2n) is 6.37. The van der Waals surface area contributed by atoms with Crippen molar-refractivity contribution in [3.63, 3.8) is 0 Å². The molecule has 1 aromatic carbocycles. The van der Waals surface area contributed by atoms with Crippen LogP contribution in [-0.2, 0) is 11.3 Å². The van der Waals surface area contributed by atoms with Crippen molar-refractivity contribution in [3.8, 4) is 5.75 Å². The predicted octanol–water partition coefficient (Wildman–Crippen LogP) is 2.41. The fourth-order valence-corrected chi connectivity index (χ4v) is 3.51. The molecule has 1 atom stereocenters. The van der Waals surface area contributed by atoms with E-state index >= 15 is 0 Å². The number of hydrogen-bond acceptors (Lipinski definition) is 4. The van der Waals surface area contributed by atoms with Gasteiger partial charge in [-0.1, -0.05) is 12.1 Å². The third-order valence-corrected chi connectivity index (χ3v) is 5.04. The maximum absolute atomic E-state index is 12.2. The number of rotatable bonds is 4. The first-order chi connectivity index (χ1) is 10.6. The Kier molecular flexibility index (Phi) is 4.25. The van der Waals surface area contributed by atoms with Crippen LogP contribution in [0.1, 0.15) is 25.3 Å². The van der Waals surface area contributed by atoms with Gasteiger partial charge in [0.2, 0.25) is 0 Å². The fourth-order valence-electron chi connectivity index (χ4n) is 3.51. The van der Waals surface area contributed by atoms with E-state index in [0.29, 0.717) is 19.1 Å². The Morgan fingerprint density at radius 3 is 2.64 bits per heavy atom. The van der Waals surface area contributed by atoms with Crippen molar-refractivity contribution < 1.29 is 14.3 Å². The zero-order valence-corrected chi connectivity index (χ0v) is 13.3. The number of nitrogens with zero attached hydrogens (tertiary/aromatic N) is 1. The number of hydrogen-bond donors (Lipinski definition) is 1. The normalized spacial score (nSPS) is 26.1. The van der Waals surface area contributed by atoms with Gasteiger partial charge in [0.1, 0.15) is 12.4 Å². The van der Waals surface area contributed by atoms with Crippen molar-refractivity contribution in [2.24, 2.45) is 5.92 Å². The first-order valence-corrected chi connectivity index (χ1v) is 7.91. The Bertz CT molecular complexity index is 525. The summed E-state index contributed by atoms with van der Waals surface area (Å²) < 4.78 is 10.6. The second-order valence-corrected chi connectivity index (χ2v) is 6.37. The molecule has 5 nitrogen and oxygen atoms in total. The molecule has 2 heterocycles. The molecule has 1 amide bonds. The molecule has 0 aromatic heterocycles. The van der Waals surface area contributed by atoms with E-state index in [4.69, 9.17) is 9.47 Å². The summed E-state index contributed by atoms with van der Waals surface area (Å²) in [6.45, 7) is 5.28. The minimum atomic E-state index is -0.209. The Hall–Kier alpha value is -1.75. The van der Waals surface area contributed by atoms with Crippen molar-refractivity contribution in [2.75, 3.05) is 26.8 Å². The summed E-state index contributed by atoms with van der Waals surface area (Å²) in [6.07, 6.45) is 1.98. The minimum Gasteiger partial charge on any atom is -0.497 e. The molecule has 0 radical (unpaired) electrons. The fraction of sp³-hybridized carbons (Fsp3) is 0.588. The molecule has 0 saturated carbocycles. The lowest BCUT2D eigenvalue weighted by atomic mass is 9.79. The van der Waals surface area contributed by atoms with Crippen LogP contribution in [0.5, 0.6) is 5.75 Å². The summed E-state index contributed by atoms with van der Waals surface area (Å²) in [4.78, 5) is 14.1. The topological polar surface area (TPSA) is 50.8 Å². The SMILES string of the molecule is COc1ccc(CN2C(=O)OCC2(C)C2CCNCC2)cc1. The number of amides is 1. The molecule has 2 aliphatic heterocycles. The first-order valence-electron chi connectivity index (χ1n) is 7.91. The van der Waals surface area contributed by atoms with E-state index in [-0.39, 0.29) is 11.6 Å². The van der Waals surface area contributed by atoms with Crippen LogP contribution < -0.4 is 10.1 Å². The molecule has 2 aliphatic rings. The standard InChI is InChI=1S/C17H24N2O3/c1-17(14-7-9-18-10-8-14)12-22-16(20)19(17)11-13-3-5-15(21-2)6-4-13/h3-6,14,18H,7-12H2,1-2H3. The van der Waals surface area contributed by atoms with E-state index in [0.717, 1.165) is 37.2 Å². The van der Waals surface area contributed by atoms with E-state index in [9.17, 15) is 4.79 Å². The van der Waals surface area contributed by atoms with Gasteiger partial charge in [-0.2, -0.15) is 0 Å². The zero-order chi connectivity index (χ0) is 15.6. The molecule has 2 fully saturated rings. The predicted molar refractivity (Wildman–Crippen MR) is 83.9 cm³/mol. The Morgan fingerprint density at radius 2 is 2.00 bits per heavy atom. The average Bonchev–Trinajstić information content (AvgIpc) is 2.86. The minimum absolute atomic E-state index is 0.197. The van der Waals surface area contributed by atoms with Gasteiger partial charge in [0.25, 0.3) is 0 Å². The van der Waals surface area contributed by atoms with E-state index < -0.39 is 0 Å². The number of benzene rings is 1. The molecule has 120 valence electrons. The van der Waals surface area contributed by atoms with Crippen molar-refractivity contribution in [3.05, 3.63) is 29.8 Å². The summed E-state index contributed by atoms with van der Waals surface area (Å²) in [7, 11) is 1.65. The summed E-state index contributed by atoms with van der Waals surface area (Å²) in [6, 6.07) is 7.87. The summed E-state index contributed by atoms with van der Waals surface area (Å²) in [5.41, 5.74) is 0.888. The van der Waals surface area contributed by atoms with Gasteiger partial charge >= 0.3 is 6.09 Å². The number of cyclic esters (lactones) is 1. The van der Waals surface area contributed by atoms with E-state index in [2.05, 4.69) is 12.2 Å². The lowest BCUT2D eigenvalue weighted by Gasteiger charge is -2.41. The first kappa shape index (κ1) is 15.2. The Balaban J connectivity index is 1.77. The van der Waals surface area contributed by atoms with Gasteiger partial charge in [-0.3, -0.25) is 4.90 Å². The van der Waals surface area contributed by atoms with Crippen molar-refractivity contribution in [1.82, 2.24) is 10.2 Å². The molecular formula is C17H24N2O3. The van der Waals surface area contributed by atoms with Gasteiger partial charge < -0.3 is 14.8 Å². The smallest absolute Gasteiger partial charge is 0.410 e. The van der Waals surface area contributed by atoms with Crippen LogP contribution in [0.25, 0.3) is 0 Å². The molecule has 3 rings (SSSR count). The third-order valence-electron chi connectivity index (χ3n) is 5.04. The molecule has 22 heavy (non-hydrogen) atoms. The van der Waals surface area contributed by atoms with Crippen LogP contribution in [0.3, 0.4) is 0 Å².